The van der Waals surface area contributed by atoms with Gasteiger partial charge in [0.2, 0.25) is 0 Å². The van der Waals surface area contributed by atoms with E-state index in [0.717, 1.165) is 15.6 Å². The van der Waals surface area contributed by atoms with Crippen LogP contribution in [0.15, 0.2) is 40.9 Å². The summed E-state index contributed by atoms with van der Waals surface area (Å²) in [6.07, 6.45) is 0. The van der Waals surface area contributed by atoms with Crippen molar-refractivity contribution in [1.82, 2.24) is 0 Å². The molecule has 0 fully saturated rings. The molecule has 0 heterocycles. The van der Waals surface area contributed by atoms with Crippen LogP contribution >= 0.6 is 15.9 Å². The summed E-state index contributed by atoms with van der Waals surface area (Å²) in [6, 6.07) is 13.8. The Morgan fingerprint density at radius 2 is 1.94 bits per heavy atom. The minimum absolute atomic E-state index is 0. The van der Waals surface area contributed by atoms with E-state index < -0.39 is 0 Å². The van der Waals surface area contributed by atoms with Gasteiger partial charge in [-0.3, -0.25) is 0 Å². The van der Waals surface area contributed by atoms with Crippen LogP contribution in [0.3, 0.4) is 0 Å². The van der Waals surface area contributed by atoms with E-state index in [4.69, 9.17) is 0 Å². The maximum absolute atomic E-state index is 13.6. The quantitative estimate of drug-likeness (QED) is 0.669. The molecule has 0 aliphatic rings. The molecule has 0 aliphatic heterocycles. The maximum Gasteiger partial charge on any atom is 0.119 e. The van der Waals surface area contributed by atoms with Crippen LogP contribution in [-0.2, 0) is 32.7 Å². The van der Waals surface area contributed by atoms with Gasteiger partial charge in [-0.15, -0.1) is 5.56 Å². The van der Waals surface area contributed by atoms with E-state index in [-0.39, 0.29) is 38.5 Å². The molecule has 0 aromatic heterocycles. The summed E-state index contributed by atoms with van der Waals surface area (Å²) in [6.45, 7) is 1.96. The average Bonchev–Trinajstić information content (AvgIpc) is 2.20. The van der Waals surface area contributed by atoms with Crippen molar-refractivity contribution in [3.05, 3.63) is 58.3 Å². The van der Waals surface area contributed by atoms with Crippen LogP contribution in [0.4, 0.5) is 4.39 Å². The van der Waals surface area contributed by atoms with Gasteiger partial charge in [0.25, 0.3) is 0 Å². The Morgan fingerprint density at radius 1 is 1.19 bits per heavy atom. The summed E-state index contributed by atoms with van der Waals surface area (Å²) < 4.78 is 14.3. The Kier molecular flexibility index (Phi) is 5.29. The number of aryl methyl sites for hydroxylation is 1. The molecule has 0 atom stereocenters. The number of hydrogen-bond acceptors (Lipinski definition) is 0. The summed E-state index contributed by atoms with van der Waals surface area (Å²) in [4.78, 5) is 0. The molecule has 16 heavy (non-hydrogen) atoms. The number of hydrogen-bond donors (Lipinski definition) is 0. The molecule has 0 spiro atoms. The first-order valence-corrected chi connectivity index (χ1v) is 5.40. The summed E-state index contributed by atoms with van der Waals surface area (Å²) in [5.74, 6) is -0.221. The zero-order valence-electron chi connectivity index (χ0n) is 8.80. The number of benzene rings is 2. The van der Waals surface area contributed by atoms with E-state index in [1.807, 2.05) is 31.2 Å². The summed E-state index contributed by atoms with van der Waals surface area (Å²) in [5, 5.41) is 0. The van der Waals surface area contributed by atoms with Crippen LogP contribution in [0.1, 0.15) is 5.56 Å². The normalized spacial score (nSPS) is 9.69. The van der Waals surface area contributed by atoms with Crippen LogP contribution in [-0.4, -0.2) is 0 Å². The molecule has 0 amide bonds. The van der Waals surface area contributed by atoms with Crippen molar-refractivity contribution < 1.29 is 37.1 Å². The van der Waals surface area contributed by atoms with Crippen LogP contribution in [0.25, 0.3) is 11.1 Å². The van der Waals surface area contributed by atoms with Gasteiger partial charge in [-0.05, 0) is 17.7 Å². The molecule has 3 heteroatoms. The smallest absolute Gasteiger partial charge is 0.119 e. The molecule has 0 unspecified atom stereocenters. The van der Waals surface area contributed by atoms with Crippen LogP contribution in [0, 0.1) is 18.8 Å². The standard InChI is InChI=1S/C13H9BrF.Y/c1-9-2-4-10(5-3-9)12-7-6-11(14)8-13(12)15;/h2,4-8H,1H3;/q-1;. The fourth-order valence-corrected chi connectivity index (χ4v) is 1.73. The van der Waals surface area contributed by atoms with Gasteiger partial charge in [0.1, 0.15) is 5.82 Å². The van der Waals surface area contributed by atoms with Crippen LogP contribution < -0.4 is 0 Å². The Labute approximate surface area is 128 Å². The zero-order valence-corrected chi connectivity index (χ0v) is 13.2. The van der Waals surface area contributed by atoms with Gasteiger partial charge in [0.15, 0.2) is 0 Å². The van der Waals surface area contributed by atoms with Crippen molar-refractivity contribution in [2.75, 3.05) is 0 Å². The van der Waals surface area contributed by atoms with Crippen molar-refractivity contribution in [3.8, 4) is 11.1 Å². The fraction of sp³-hybridized carbons (Fsp3) is 0.0769. The Bertz CT molecular complexity index is 480. The van der Waals surface area contributed by atoms with Gasteiger partial charge in [-0.1, -0.05) is 28.9 Å². The molecule has 2 aromatic carbocycles. The maximum atomic E-state index is 13.6. The van der Waals surface area contributed by atoms with Crippen molar-refractivity contribution in [2.45, 2.75) is 6.92 Å². The minimum atomic E-state index is -0.221. The van der Waals surface area contributed by atoms with Gasteiger partial charge in [-0.2, -0.15) is 29.8 Å². The fourth-order valence-electron chi connectivity index (χ4n) is 1.39. The van der Waals surface area contributed by atoms with Gasteiger partial charge in [0, 0.05) is 37.2 Å². The zero-order chi connectivity index (χ0) is 10.8. The van der Waals surface area contributed by atoms with Crippen molar-refractivity contribution >= 4 is 15.9 Å². The Morgan fingerprint density at radius 3 is 2.50 bits per heavy atom. The monoisotopic (exact) mass is 352 g/mol. The molecule has 0 bridgehead atoms. The van der Waals surface area contributed by atoms with Gasteiger partial charge >= 0.3 is 0 Å². The van der Waals surface area contributed by atoms with Crippen molar-refractivity contribution in [1.29, 1.82) is 0 Å². The first-order chi connectivity index (χ1) is 7.16. The predicted octanol–water partition coefficient (Wildman–Crippen LogP) is 4.36. The van der Waals surface area contributed by atoms with Crippen molar-refractivity contribution in [2.24, 2.45) is 0 Å². The molecule has 2 rings (SSSR count). The van der Waals surface area contributed by atoms with E-state index in [9.17, 15) is 4.39 Å². The third-order valence-electron chi connectivity index (χ3n) is 2.21. The number of rotatable bonds is 1. The second-order valence-electron chi connectivity index (χ2n) is 3.38. The minimum Gasteiger partial charge on any atom is -0.207 e. The average molecular weight is 353 g/mol. The molecule has 2 aromatic rings. The first kappa shape index (κ1) is 14.0. The SMILES string of the molecule is Cc1[c-]cc(-c2ccc(Br)cc2F)cc1.[Y]. The molecular formula is C13H9BrFY-. The van der Waals surface area contributed by atoms with E-state index in [1.54, 1.807) is 6.07 Å². The molecule has 0 N–H and O–H groups in total. The van der Waals surface area contributed by atoms with Crippen LogP contribution in [0.2, 0.25) is 0 Å². The van der Waals surface area contributed by atoms with E-state index in [1.165, 1.54) is 6.07 Å². The molecule has 0 saturated carbocycles. The number of halogens is 2. The Hall–Kier alpha value is -0.0461. The van der Waals surface area contributed by atoms with E-state index in [0.29, 0.717) is 5.56 Å². The second kappa shape index (κ2) is 6.04. The van der Waals surface area contributed by atoms with E-state index >= 15 is 0 Å². The summed E-state index contributed by atoms with van der Waals surface area (Å²) in [7, 11) is 0. The first-order valence-electron chi connectivity index (χ1n) is 4.60. The summed E-state index contributed by atoms with van der Waals surface area (Å²) in [5.41, 5.74) is 2.51. The van der Waals surface area contributed by atoms with E-state index in [2.05, 4.69) is 22.0 Å². The third-order valence-corrected chi connectivity index (χ3v) is 2.70. The topological polar surface area (TPSA) is 0 Å². The summed E-state index contributed by atoms with van der Waals surface area (Å²) >= 11 is 3.23. The molecule has 0 nitrogen and oxygen atoms in total. The van der Waals surface area contributed by atoms with Gasteiger partial charge < -0.3 is 0 Å². The Balaban J connectivity index is 0.00000128. The molecular weight excluding hydrogens is 344 g/mol. The molecule has 0 saturated heterocycles. The van der Waals surface area contributed by atoms with Crippen LogP contribution in [0.5, 0.6) is 0 Å². The largest absolute Gasteiger partial charge is 0.207 e. The second-order valence-corrected chi connectivity index (χ2v) is 4.30. The molecule has 79 valence electrons. The molecule has 0 aliphatic carbocycles. The third kappa shape index (κ3) is 3.22. The van der Waals surface area contributed by atoms with Gasteiger partial charge in [0.05, 0.1) is 0 Å². The van der Waals surface area contributed by atoms with Crippen molar-refractivity contribution in [3.63, 3.8) is 0 Å². The molecule has 1 radical (unpaired) electrons. The predicted molar refractivity (Wildman–Crippen MR) is 63.1 cm³/mol. The van der Waals surface area contributed by atoms with Gasteiger partial charge in [-0.25, -0.2) is 4.39 Å².